The number of likely N-dealkylation sites (N-methyl/N-ethyl adjacent to an activating group) is 1. The molecule has 10 heteroatoms. The number of aliphatic hydroxyl groups is 1. The van der Waals surface area contributed by atoms with Gasteiger partial charge in [0.1, 0.15) is 6.54 Å². The van der Waals surface area contributed by atoms with E-state index in [0.29, 0.717) is 11.1 Å². The van der Waals surface area contributed by atoms with Gasteiger partial charge in [-0.25, -0.2) is 17.7 Å². The largest absolute Gasteiger partial charge is 0.481 e. The van der Waals surface area contributed by atoms with Crippen molar-refractivity contribution in [3.8, 4) is 0 Å². The lowest BCUT2D eigenvalue weighted by Gasteiger charge is -2.31. The van der Waals surface area contributed by atoms with E-state index < -0.39 is 33.2 Å². The first kappa shape index (κ1) is 25.5. The lowest BCUT2D eigenvalue weighted by molar-refractivity contribution is -0.881. The van der Waals surface area contributed by atoms with E-state index in [-0.39, 0.29) is 40.7 Å². The third-order valence-corrected chi connectivity index (χ3v) is 8.30. The Kier molecular flexibility index (Phi) is 6.97. The Labute approximate surface area is 198 Å². The number of carboxylic acids is 1. The molecule has 2 N–H and O–H groups in total. The minimum absolute atomic E-state index is 0.00760. The molecule has 0 aliphatic carbocycles. The van der Waals surface area contributed by atoms with Gasteiger partial charge in [0.15, 0.2) is 15.6 Å². The van der Waals surface area contributed by atoms with Crippen LogP contribution in [0.5, 0.6) is 0 Å². The number of hydrogen-bond acceptors (Lipinski definition) is 6. The Hall–Kier alpha value is -3.08. The SMILES string of the molecule is CC1(O)CN(CCC(CS(=O)(=O)c2ccc(C(=O)c3ccccc3)cc2)C(=O)O)C(=O)[N+]1(C)C. The monoisotopic (exact) mass is 489 g/mol. The van der Waals surface area contributed by atoms with Crippen molar-refractivity contribution in [3.63, 3.8) is 0 Å². The average Bonchev–Trinajstić information content (AvgIpc) is 2.95. The molecule has 1 aliphatic heterocycles. The summed E-state index contributed by atoms with van der Waals surface area (Å²) in [4.78, 5) is 38.1. The highest BCUT2D eigenvalue weighted by molar-refractivity contribution is 7.91. The van der Waals surface area contributed by atoms with Crippen LogP contribution < -0.4 is 0 Å². The number of carbonyl (C=O) groups is 3. The molecule has 34 heavy (non-hydrogen) atoms. The van der Waals surface area contributed by atoms with Crippen molar-refractivity contribution in [2.45, 2.75) is 24.0 Å². The summed E-state index contributed by atoms with van der Waals surface area (Å²) >= 11 is 0. The molecule has 2 atom stereocenters. The molecule has 1 saturated heterocycles. The second-order valence-electron chi connectivity index (χ2n) is 9.20. The van der Waals surface area contributed by atoms with Crippen molar-refractivity contribution in [3.05, 3.63) is 65.7 Å². The second kappa shape index (κ2) is 9.28. The summed E-state index contributed by atoms with van der Waals surface area (Å²) < 4.78 is 25.5. The Morgan fingerprint density at radius 1 is 1.06 bits per heavy atom. The van der Waals surface area contributed by atoms with E-state index in [9.17, 15) is 33.0 Å². The Morgan fingerprint density at radius 2 is 1.62 bits per heavy atom. The number of carbonyl (C=O) groups excluding carboxylic acids is 2. The molecule has 1 aliphatic rings. The minimum Gasteiger partial charge on any atom is -0.481 e. The van der Waals surface area contributed by atoms with Gasteiger partial charge in [-0.1, -0.05) is 30.3 Å². The average molecular weight is 490 g/mol. The fraction of sp³-hybridized carbons (Fsp3) is 0.375. The zero-order valence-electron chi connectivity index (χ0n) is 19.3. The number of aliphatic carboxylic acids is 1. The van der Waals surface area contributed by atoms with E-state index in [1.54, 1.807) is 44.4 Å². The molecule has 9 nitrogen and oxygen atoms in total. The fourth-order valence-corrected chi connectivity index (χ4v) is 5.44. The summed E-state index contributed by atoms with van der Waals surface area (Å²) in [5, 5.41) is 20.1. The molecule has 2 aromatic carbocycles. The van der Waals surface area contributed by atoms with Crippen LogP contribution in [0.4, 0.5) is 4.79 Å². The van der Waals surface area contributed by atoms with Gasteiger partial charge in [-0.15, -0.1) is 0 Å². The van der Waals surface area contributed by atoms with E-state index in [0.717, 1.165) is 0 Å². The Balaban J connectivity index is 1.70. The van der Waals surface area contributed by atoms with Crippen molar-refractivity contribution in [1.82, 2.24) is 4.90 Å². The van der Waals surface area contributed by atoms with Crippen molar-refractivity contribution in [2.24, 2.45) is 5.92 Å². The zero-order chi connectivity index (χ0) is 25.3. The van der Waals surface area contributed by atoms with Gasteiger partial charge in [0.25, 0.3) is 0 Å². The quantitative estimate of drug-likeness (QED) is 0.407. The summed E-state index contributed by atoms with van der Waals surface area (Å²) in [7, 11) is -0.839. The molecule has 0 radical (unpaired) electrons. The molecule has 0 saturated carbocycles. The van der Waals surface area contributed by atoms with Crippen LogP contribution in [0, 0.1) is 5.92 Å². The van der Waals surface area contributed by atoms with Crippen LogP contribution >= 0.6 is 0 Å². The van der Waals surface area contributed by atoms with E-state index in [1.165, 1.54) is 36.1 Å². The topological polar surface area (TPSA) is 129 Å². The number of rotatable bonds is 9. The molecule has 0 bridgehead atoms. The standard InChI is InChI=1S/C24H28N2O7S/c1-24(31)16-25(23(30)26(24,2)3)14-13-19(22(28)29)15-34(32,33)20-11-9-18(10-12-20)21(27)17-7-5-4-6-8-17/h4-12,19,31H,13-16H2,1-3H3/p+1. The van der Waals surface area contributed by atoms with Gasteiger partial charge in [-0.3, -0.25) is 14.5 Å². The molecule has 182 valence electrons. The lowest BCUT2D eigenvalue weighted by atomic mass is 10.0. The van der Waals surface area contributed by atoms with Gasteiger partial charge in [-0.05, 0) is 30.7 Å². The third kappa shape index (κ3) is 5.03. The van der Waals surface area contributed by atoms with Gasteiger partial charge in [-0.2, -0.15) is 0 Å². The second-order valence-corrected chi connectivity index (χ2v) is 11.2. The molecule has 2 amide bonds. The maximum Gasteiger partial charge on any atom is 0.421 e. The highest BCUT2D eigenvalue weighted by Crippen LogP contribution is 2.29. The highest BCUT2D eigenvalue weighted by Gasteiger charge is 2.56. The normalized spacial score (nSPS) is 20.8. The van der Waals surface area contributed by atoms with Gasteiger partial charge in [0.2, 0.25) is 5.72 Å². The number of sulfone groups is 1. The molecule has 0 aromatic heterocycles. The number of benzene rings is 2. The maximum absolute atomic E-state index is 12.9. The third-order valence-electron chi connectivity index (χ3n) is 6.47. The van der Waals surface area contributed by atoms with Crippen LogP contribution in [-0.2, 0) is 14.6 Å². The van der Waals surface area contributed by atoms with Crippen molar-refractivity contribution in [1.29, 1.82) is 0 Å². The molecular formula is C24H29N2O7S+. The van der Waals surface area contributed by atoms with Crippen LogP contribution in [0.25, 0.3) is 0 Å². The highest BCUT2D eigenvalue weighted by atomic mass is 32.2. The van der Waals surface area contributed by atoms with E-state index >= 15 is 0 Å². The smallest absolute Gasteiger partial charge is 0.421 e. The molecule has 1 heterocycles. The molecule has 3 rings (SSSR count). The number of carboxylic acid groups (broad SMARTS) is 1. The molecule has 0 spiro atoms. The summed E-state index contributed by atoms with van der Waals surface area (Å²) in [6.07, 6.45) is -0.0824. The molecule has 1 fully saturated rings. The van der Waals surface area contributed by atoms with Gasteiger partial charge in [0.05, 0.1) is 30.7 Å². The van der Waals surface area contributed by atoms with Gasteiger partial charge < -0.3 is 10.2 Å². The van der Waals surface area contributed by atoms with Crippen LogP contribution in [-0.4, -0.2) is 84.5 Å². The number of quaternary nitrogens is 1. The fourth-order valence-electron chi connectivity index (χ4n) is 3.86. The first-order valence-electron chi connectivity index (χ1n) is 10.8. The van der Waals surface area contributed by atoms with E-state index in [2.05, 4.69) is 0 Å². The van der Waals surface area contributed by atoms with Gasteiger partial charge in [0, 0.05) is 24.6 Å². The number of β-amino-alcohol motifs (C(OH)–C–C–N with tert-alkyl or cyclic N) is 1. The predicted molar refractivity (Wildman–Crippen MR) is 124 cm³/mol. The van der Waals surface area contributed by atoms with Crippen LogP contribution in [0.3, 0.4) is 0 Å². The van der Waals surface area contributed by atoms with Crippen molar-refractivity contribution >= 4 is 27.6 Å². The van der Waals surface area contributed by atoms with E-state index in [4.69, 9.17) is 0 Å². The minimum atomic E-state index is -3.97. The van der Waals surface area contributed by atoms with Crippen LogP contribution in [0.1, 0.15) is 29.3 Å². The van der Waals surface area contributed by atoms with Crippen LogP contribution in [0.15, 0.2) is 59.5 Å². The predicted octanol–water partition coefficient (Wildman–Crippen LogP) is 2.00. The summed E-state index contributed by atoms with van der Waals surface area (Å²) in [5.74, 6) is -3.43. The Morgan fingerprint density at radius 3 is 2.12 bits per heavy atom. The zero-order valence-corrected chi connectivity index (χ0v) is 20.2. The number of amides is 2. The first-order valence-corrected chi connectivity index (χ1v) is 12.4. The number of nitrogens with zero attached hydrogens (tertiary/aromatic N) is 2. The lowest BCUT2D eigenvalue weighted by Crippen LogP contribution is -2.56. The number of ketones is 1. The summed E-state index contributed by atoms with van der Waals surface area (Å²) in [5.41, 5.74) is -0.539. The molecule has 2 aromatic rings. The molecular weight excluding hydrogens is 460 g/mol. The summed E-state index contributed by atoms with van der Waals surface area (Å²) in [6.45, 7) is 1.55. The van der Waals surface area contributed by atoms with Crippen LogP contribution in [0.2, 0.25) is 0 Å². The van der Waals surface area contributed by atoms with Crippen molar-refractivity contribution in [2.75, 3.05) is 32.9 Å². The summed E-state index contributed by atoms with van der Waals surface area (Å²) in [6, 6.07) is 13.6. The Bertz CT molecular complexity index is 1190. The first-order chi connectivity index (χ1) is 15.8. The molecule has 2 unspecified atom stereocenters. The van der Waals surface area contributed by atoms with Crippen molar-refractivity contribution < 1.29 is 37.5 Å². The van der Waals surface area contributed by atoms with E-state index in [1.807, 2.05) is 0 Å². The number of urea groups is 1. The van der Waals surface area contributed by atoms with Gasteiger partial charge >= 0.3 is 12.0 Å². The maximum atomic E-state index is 12.9. The number of hydrogen-bond donors (Lipinski definition) is 2.